The van der Waals surface area contributed by atoms with Crippen LogP contribution >= 0.6 is 0 Å². The fraction of sp³-hybridized carbons (Fsp3) is 0.565. The van der Waals surface area contributed by atoms with Crippen molar-refractivity contribution in [1.29, 1.82) is 0 Å². The van der Waals surface area contributed by atoms with Gasteiger partial charge in [0.15, 0.2) is 17.5 Å². The molecule has 1 aromatic carbocycles. The molecule has 0 spiro atoms. The topological polar surface area (TPSA) is 63.5 Å². The SMILES string of the molecule is CCc1nn(C)c(CC)c1CNC(=NC)NC(C)c1ccc(OCC2CC2)c(F)c1. The summed E-state index contributed by atoms with van der Waals surface area (Å²) < 4.78 is 22.0. The molecule has 6 nitrogen and oxygen atoms in total. The van der Waals surface area contributed by atoms with Gasteiger partial charge in [0, 0.05) is 31.9 Å². The van der Waals surface area contributed by atoms with Crippen molar-refractivity contribution in [3.63, 3.8) is 0 Å². The highest BCUT2D eigenvalue weighted by Gasteiger charge is 2.22. The first-order valence-corrected chi connectivity index (χ1v) is 10.9. The van der Waals surface area contributed by atoms with E-state index in [1.54, 1.807) is 19.2 Å². The minimum absolute atomic E-state index is 0.103. The first kappa shape index (κ1) is 22.1. The molecule has 1 saturated carbocycles. The van der Waals surface area contributed by atoms with E-state index in [0.717, 1.165) is 24.1 Å². The predicted octanol–water partition coefficient (Wildman–Crippen LogP) is 3.90. The Morgan fingerprint density at radius 2 is 2.10 bits per heavy atom. The fourth-order valence-corrected chi connectivity index (χ4v) is 3.64. The molecule has 164 valence electrons. The zero-order valence-electron chi connectivity index (χ0n) is 18.8. The molecule has 0 radical (unpaired) electrons. The van der Waals surface area contributed by atoms with Crippen molar-refractivity contribution in [2.45, 2.75) is 59.0 Å². The summed E-state index contributed by atoms with van der Waals surface area (Å²) >= 11 is 0. The molecule has 2 N–H and O–H groups in total. The highest BCUT2D eigenvalue weighted by molar-refractivity contribution is 5.80. The van der Waals surface area contributed by atoms with Gasteiger partial charge < -0.3 is 15.4 Å². The Morgan fingerprint density at radius 1 is 1.33 bits per heavy atom. The molecule has 1 unspecified atom stereocenters. The summed E-state index contributed by atoms with van der Waals surface area (Å²) in [6.45, 7) is 7.50. The maximum atomic E-state index is 14.4. The molecule has 1 aliphatic rings. The standard InChI is InChI=1S/C23H34FN5O/c1-6-20-18(21(7-2)29(5)28-20)13-26-23(25-4)27-15(3)17-10-11-22(19(24)12-17)30-14-16-8-9-16/h10-12,15-16H,6-9,13-14H2,1-5H3,(H2,25,26,27). The van der Waals surface area contributed by atoms with Gasteiger partial charge in [-0.3, -0.25) is 9.67 Å². The lowest BCUT2D eigenvalue weighted by Crippen LogP contribution is -2.38. The number of rotatable bonds is 9. The van der Waals surface area contributed by atoms with E-state index < -0.39 is 0 Å². The number of hydrogen-bond acceptors (Lipinski definition) is 3. The summed E-state index contributed by atoms with van der Waals surface area (Å²) in [6.07, 6.45) is 4.19. The van der Waals surface area contributed by atoms with Crippen molar-refractivity contribution in [3.8, 4) is 5.75 Å². The molecule has 1 fully saturated rings. The maximum Gasteiger partial charge on any atom is 0.191 e. The minimum atomic E-state index is -0.319. The van der Waals surface area contributed by atoms with Crippen molar-refractivity contribution in [2.75, 3.05) is 13.7 Å². The molecule has 0 aliphatic heterocycles. The van der Waals surface area contributed by atoms with Crippen LogP contribution < -0.4 is 15.4 Å². The Kier molecular flexibility index (Phi) is 7.34. The lowest BCUT2D eigenvalue weighted by Gasteiger charge is -2.19. The Hall–Kier alpha value is -2.57. The molecule has 3 rings (SSSR count). The van der Waals surface area contributed by atoms with Gasteiger partial charge in [0.25, 0.3) is 0 Å². The van der Waals surface area contributed by atoms with E-state index >= 15 is 0 Å². The predicted molar refractivity (Wildman–Crippen MR) is 118 cm³/mol. The van der Waals surface area contributed by atoms with Crippen molar-refractivity contribution >= 4 is 5.96 Å². The number of aryl methyl sites for hydroxylation is 2. The molecule has 1 aromatic heterocycles. The number of nitrogens with zero attached hydrogens (tertiary/aromatic N) is 3. The maximum absolute atomic E-state index is 14.4. The van der Waals surface area contributed by atoms with Gasteiger partial charge in [-0.15, -0.1) is 0 Å². The van der Waals surface area contributed by atoms with Crippen LogP contribution in [0.15, 0.2) is 23.2 Å². The highest BCUT2D eigenvalue weighted by atomic mass is 19.1. The summed E-state index contributed by atoms with van der Waals surface area (Å²) in [6, 6.07) is 5.06. The number of aliphatic imine (C=N–C) groups is 1. The quantitative estimate of drug-likeness (QED) is 0.482. The lowest BCUT2D eigenvalue weighted by atomic mass is 10.1. The van der Waals surface area contributed by atoms with Crippen LogP contribution in [0.4, 0.5) is 4.39 Å². The molecule has 2 aromatic rings. The highest BCUT2D eigenvalue weighted by Crippen LogP contribution is 2.30. The summed E-state index contributed by atoms with van der Waals surface area (Å²) in [7, 11) is 3.73. The molecule has 0 bridgehead atoms. The van der Waals surface area contributed by atoms with Crippen molar-refractivity contribution < 1.29 is 9.13 Å². The fourth-order valence-electron chi connectivity index (χ4n) is 3.64. The van der Waals surface area contributed by atoms with Crippen LogP contribution in [0.5, 0.6) is 5.75 Å². The largest absolute Gasteiger partial charge is 0.490 e. The number of halogens is 1. The van der Waals surface area contributed by atoms with E-state index in [2.05, 4.69) is 34.6 Å². The number of benzene rings is 1. The minimum Gasteiger partial charge on any atom is -0.490 e. The summed E-state index contributed by atoms with van der Waals surface area (Å²) in [5.41, 5.74) is 4.40. The third-order valence-electron chi connectivity index (χ3n) is 5.66. The van der Waals surface area contributed by atoms with E-state index in [-0.39, 0.29) is 11.9 Å². The average Bonchev–Trinajstić information content (AvgIpc) is 3.52. The van der Waals surface area contributed by atoms with Crippen LogP contribution in [-0.4, -0.2) is 29.4 Å². The summed E-state index contributed by atoms with van der Waals surface area (Å²) in [5, 5.41) is 11.4. The van der Waals surface area contributed by atoms with Gasteiger partial charge in [-0.2, -0.15) is 5.10 Å². The molecular formula is C23H34FN5O. The first-order chi connectivity index (χ1) is 14.5. The zero-order chi connectivity index (χ0) is 21.7. The van der Waals surface area contributed by atoms with Gasteiger partial charge in [-0.1, -0.05) is 19.9 Å². The molecule has 1 heterocycles. The van der Waals surface area contributed by atoms with Gasteiger partial charge in [0.1, 0.15) is 0 Å². The Morgan fingerprint density at radius 3 is 2.70 bits per heavy atom. The van der Waals surface area contributed by atoms with Crippen LogP contribution in [0.2, 0.25) is 0 Å². The van der Waals surface area contributed by atoms with Crippen LogP contribution in [0, 0.1) is 11.7 Å². The third kappa shape index (κ3) is 5.32. The van der Waals surface area contributed by atoms with Gasteiger partial charge in [0.2, 0.25) is 0 Å². The average molecular weight is 416 g/mol. The van der Waals surface area contributed by atoms with Crippen LogP contribution in [0.1, 0.15) is 62.2 Å². The van der Waals surface area contributed by atoms with E-state index in [1.165, 1.54) is 24.1 Å². The Labute approximate surface area is 178 Å². The molecule has 30 heavy (non-hydrogen) atoms. The number of guanidine groups is 1. The lowest BCUT2D eigenvalue weighted by molar-refractivity contribution is 0.285. The first-order valence-electron chi connectivity index (χ1n) is 10.9. The van der Waals surface area contributed by atoms with E-state index in [1.807, 2.05) is 24.7 Å². The number of aromatic nitrogens is 2. The van der Waals surface area contributed by atoms with Gasteiger partial charge in [-0.05, 0) is 56.2 Å². The van der Waals surface area contributed by atoms with E-state index in [0.29, 0.717) is 30.8 Å². The van der Waals surface area contributed by atoms with Crippen LogP contribution in [0.3, 0.4) is 0 Å². The monoisotopic (exact) mass is 415 g/mol. The zero-order valence-corrected chi connectivity index (χ0v) is 18.8. The normalized spacial score (nSPS) is 15.2. The number of ether oxygens (including phenoxy) is 1. The van der Waals surface area contributed by atoms with Crippen LogP contribution in [0.25, 0.3) is 0 Å². The second-order valence-electron chi connectivity index (χ2n) is 7.94. The third-order valence-corrected chi connectivity index (χ3v) is 5.66. The molecule has 0 saturated heterocycles. The van der Waals surface area contributed by atoms with E-state index in [4.69, 9.17) is 4.74 Å². The second kappa shape index (κ2) is 9.96. The van der Waals surface area contributed by atoms with Crippen LogP contribution in [-0.2, 0) is 26.4 Å². The Bertz CT molecular complexity index is 888. The summed E-state index contributed by atoms with van der Waals surface area (Å²) in [4.78, 5) is 4.33. The second-order valence-corrected chi connectivity index (χ2v) is 7.94. The molecule has 1 atom stereocenters. The van der Waals surface area contributed by atoms with Gasteiger partial charge in [0.05, 0.1) is 18.3 Å². The number of nitrogens with one attached hydrogen (secondary N) is 2. The molecule has 1 aliphatic carbocycles. The smallest absolute Gasteiger partial charge is 0.191 e. The van der Waals surface area contributed by atoms with Gasteiger partial charge in [-0.25, -0.2) is 4.39 Å². The van der Waals surface area contributed by atoms with Crippen molar-refractivity contribution in [3.05, 3.63) is 46.5 Å². The molecular weight excluding hydrogens is 381 g/mol. The Balaban J connectivity index is 1.61. The van der Waals surface area contributed by atoms with Crippen molar-refractivity contribution in [2.24, 2.45) is 18.0 Å². The molecule has 7 heteroatoms. The molecule has 0 amide bonds. The van der Waals surface area contributed by atoms with Crippen molar-refractivity contribution in [1.82, 2.24) is 20.4 Å². The number of hydrogen-bond donors (Lipinski definition) is 2. The van der Waals surface area contributed by atoms with Gasteiger partial charge >= 0.3 is 0 Å². The summed E-state index contributed by atoms with van der Waals surface area (Å²) in [5.74, 6) is 1.28. The van der Waals surface area contributed by atoms with E-state index in [9.17, 15) is 4.39 Å².